The number of aromatic nitrogens is 2. The van der Waals surface area contributed by atoms with Crippen LogP contribution in [0.15, 0.2) is 65.6 Å². The lowest BCUT2D eigenvalue weighted by atomic mass is 9.81. The summed E-state index contributed by atoms with van der Waals surface area (Å²) >= 11 is 0. The maximum Gasteiger partial charge on any atom is 0.319 e. The number of aliphatic hydroxyl groups is 1. The fraction of sp³-hybridized carbons (Fsp3) is 0.414. The molecule has 10 nitrogen and oxygen atoms in total. The topological polar surface area (TPSA) is 134 Å². The van der Waals surface area contributed by atoms with Gasteiger partial charge >= 0.3 is 6.03 Å². The minimum Gasteiger partial charge on any atom is -0.396 e. The summed E-state index contributed by atoms with van der Waals surface area (Å²) in [5, 5.41) is 14.3. The molecule has 3 N–H and O–H groups in total. The maximum atomic E-state index is 14.0. The van der Waals surface area contributed by atoms with Crippen molar-refractivity contribution in [3.63, 3.8) is 0 Å². The van der Waals surface area contributed by atoms with Crippen molar-refractivity contribution in [3.8, 4) is 11.4 Å². The minimum absolute atomic E-state index is 0.00714. The number of urea groups is 1. The Kier molecular flexibility index (Phi) is 8.34. The van der Waals surface area contributed by atoms with E-state index in [1.165, 1.54) is 0 Å². The lowest BCUT2D eigenvalue weighted by molar-refractivity contribution is 0.0985. The van der Waals surface area contributed by atoms with Crippen LogP contribution in [0.3, 0.4) is 0 Å². The second kappa shape index (κ2) is 11.9. The molecule has 2 amide bonds. The molecule has 2 aliphatic rings. The largest absolute Gasteiger partial charge is 0.396 e. The zero-order chi connectivity index (χ0) is 28.2. The molecule has 11 heteroatoms. The summed E-state index contributed by atoms with van der Waals surface area (Å²) in [5.74, 6) is 1.11. The van der Waals surface area contributed by atoms with Gasteiger partial charge in [0.2, 0.25) is 0 Å². The number of hydrogen-bond donors (Lipinski definition) is 3. The monoisotopic (exact) mass is 565 g/mol. The summed E-state index contributed by atoms with van der Waals surface area (Å²) in [4.78, 5) is 24.3. The summed E-state index contributed by atoms with van der Waals surface area (Å²) in [6.07, 6.45) is 2.26. The van der Waals surface area contributed by atoms with Gasteiger partial charge in [-0.15, -0.1) is 0 Å². The van der Waals surface area contributed by atoms with Crippen LogP contribution >= 0.6 is 0 Å². The van der Waals surface area contributed by atoms with Crippen LogP contribution < -0.4 is 15.5 Å². The van der Waals surface area contributed by atoms with Crippen molar-refractivity contribution in [3.05, 3.63) is 66.4 Å². The van der Waals surface area contributed by atoms with Crippen LogP contribution in [-0.4, -0.2) is 68.5 Å². The maximum absolute atomic E-state index is 14.0. The van der Waals surface area contributed by atoms with Crippen molar-refractivity contribution in [1.82, 2.24) is 15.3 Å². The number of ether oxygens (including phenoxy) is 1. The van der Waals surface area contributed by atoms with Crippen LogP contribution in [0.1, 0.15) is 38.3 Å². The number of morpholine rings is 1. The van der Waals surface area contributed by atoms with Gasteiger partial charge in [0.15, 0.2) is 15.7 Å². The fourth-order valence-electron chi connectivity index (χ4n) is 5.16. The molecule has 1 aliphatic heterocycles. The van der Waals surface area contributed by atoms with E-state index in [-0.39, 0.29) is 18.7 Å². The van der Waals surface area contributed by atoms with Gasteiger partial charge in [0, 0.05) is 37.0 Å². The molecule has 2 heterocycles. The molecule has 5 rings (SSSR count). The van der Waals surface area contributed by atoms with Gasteiger partial charge in [-0.2, -0.15) is 0 Å². The highest BCUT2D eigenvalue weighted by atomic mass is 32.2. The third-order valence-corrected chi connectivity index (χ3v) is 10.1. The van der Waals surface area contributed by atoms with Gasteiger partial charge in [0.25, 0.3) is 0 Å². The standard InChI is InChI=1S/C29H35N5O5S/c1-21-20-39-18-16-34(21)26-19-25(29(13-5-14-29)40(37,38)24-7-3-2-4-8-24)32-27(33-26)22-9-11-23(12-10-22)31-28(36)30-15-6-17-35/h2-4,7-12,19,21,35H,5-6,13-18,20H2,1H3,(H2,30,31,36)/t21-/m0/s1. The number of carbonyl (C=O) groups excluding carboxylic acids is 1. The summed E-state index contributed by atoms with van der Waals surface area (Å²) in [7, 11) is -3.71. The van der Waals surface area contributed by atoms with E-state index in [1.54, 1.807) is 36.4 Å². The molecule has 40 heavy (non-hydrogen) atoms. The first-order valence-electron chi connectivity index (χ1n) is 13.6. The molecule has 1 aromatic heterocycles. The first kappa shape index (κ1) is 28.0. The average Bonchev–Trinajstić information content (AvgIpc) is 2.93. The Morgan fingerprint density at radius 3 is 2.52 bits per heavy atom. The lowest BCUT2D eigenvalue weighted by Crippen LogP contribution is -2.46. The van der Waals surface area contributed by atoms with E-state index in [9.17, 15) is 13.2 Å². The Morgan fingerprint density at radius 2 is 1.88 bits per heavy atom. The molecule has 3 aromatic rings. The minimum atomic E-state index is -3.71. The van der Waals surface area contributed by atoms with Crippen LogP contribution in [0.2, 0.25) is 0 Å². The number of rotatable bonds is 9. The van der Waals surface area contributed by atoms with E-state index >= 15 is 0 Å². The van der Waals surface area contributed by atoms with Crippen molar-refractivity contribution >= 4 is 27.4 Å². The Bertz CT molecular complexity index is 1430. The lowest BCUT2D eigenvalue weighted by Gasteiger charge is -2.41. The Balaban J connectivity index is 1.52. The predicted molar refractivity (Wildman–Crippen MR) is 153 cm³/mol. The molecule has 2 fully saturated rings. The van der Waals surface area contributed by atoms with Crippen LogP contribution in [0.25, 0.3) is 11.4 Å². The average molecular weight is 566 g/mol. The van der Waals surface area contributed by atoms with E-state index in [1.807, 2.05) is 24.3 Å². The van der Waals surface area contributed by atoms with Gasteiger partial charge in [-0.3, -0.25) is 0 Å². The second-order valence-electron chi connectivity index (χ2n) is 10.3. The molecule has 0 spiro atoms. The summed E-state index contributed by atoms with van der Waals surface area (Å²) in [6.45, 7) is 4.21. The smallest absolute Gasteiger partial charge is 0.319 e. The van der Waals surface area contributed by atoms with Gasteiger partial charge in [-0.05, 0) is 69.0 Å². The molecule has 1 saturated carbocycles. The molecule has 2 aromatic carbocycles. The number of anilines is 2. The number of amides is 2. The van der Waals surface area contributed by atoms with E-state index in [0.29, 0.717) is 79.0 Å². The van der Waals surface area contributed by atoms with Gasteiger partial charge in [0.05, 0.1) is 29.8 Å². The Hall–Kier alpha value is -3.54. The van der Waals surface area contributed by atoms with Crippen molar-refractivity contribution in [1.29, 1.82) is 0 Å². The second-order valence-corrected chi connectivity index (χ2v) is 12.5. The van der Waals surface area contributed by atoms with E-state index in [4.69, 9.17) is 19.8 Å². The summed E-state index contributed by atoms with van der Waals surface area (Å²) in [5.41, 5.74) is 1.80. The number of sulfone groups is 1. The number of carbonyl (C=O) groups is 1. The Morgan fingerprint density at radius 1 is 1.12 bits per heavy atom. The summed E-state index contributed by atoms with van der Waals surface area (Å²) < 4.78 is 32.6. The van der Waals surface area contributed by atoms with Gasteiger partial charge in [-0.1, -0.05) is 18.2 Å². The van der Waals surface area contributed by atoms with E-state index in [2.05, 4.69) is 22.5 Å². The Labute approximate surface area is 234 Å². The van der Waals surface area contributed by atoms with Crippen molar-refractivity contribution in [2.24, 2.45) is 0 Å². The van der Waals surface area contributed by atoms with Gasteiger partial charge < -0.3 is 25.4 Å². The molecule has 1 saturated heterocycles. The van der Waals surface area contributed by atoms with E-state index in [0.717, 1.165) is 6.42 Å². The van der Waals surface area contributed by atoms with Crippen LogP contribution in [0.4, 0.5) is 16.3 Å². The number of nitrogens with zero attached hydrogens (tertiary/aromatic N) is 3. The number of benzene rings is 2. The van der Waals surface area contributed by atoms with Gasteiger partial charge in [-0.25, -0.2) is 23.2 Å². The van der Waals surface area contributed by atoms with Crippen molar-refractivity contribution in [2.75, 3.05) is 43.1 Å². The predicted octanol–water partition coefficient (Wildman–Crippen LogP) is 3.73. The summed E-state index contributed by atoms with van der Waals surface area (Å²) in [6, 6.07) is 17.3. The third kappa shape index (κ3) is 5.54. The molecule has 0 radical (unpaired) electrons. The molecular formula is C29H35N5O5S. The highest BCUT2D eigenvalue weighted by molar-refractivity contribution is 7.92. The fourth-order valence-corrected chi connectivity index (χ4v) is 7.33. The van der Waals surface area contributed by atoms with Crippen LogP contribution in [0, 0.1) is 0 Å². The molecule has 0 unspecified atom stereocenters. The number of nitrogens with one attached hydrogen (secondary N) is 2. The molecular weight excluding hydrogens is 530 g/mol. The molecule has 1 atom stereocenters. The van der Waals surface area contributed by atoms with Crippen molar-refractivity contribution < 1.29 is 23.1 Å². The zero-order valence-corrected chi connectivity index (χ0v) is 23.4. The number of aliphatic hydroxyl groups excluding tert-OH is 1. The van der Waals surface area contributed by atoms with Gasteiger partial charge in [0.1, 0.15) is 10.6 Å². The van der Waals surface area contributed by atoms with Crippen LogP contribution in [-0.2, 0) is 19.3 Å². The molecule has 1 aliphatic carbocycles. The molecule has 212 valence electrons. The third-order valence-electron chi connectivity index (χ3n) is 7.59. The zero-order valence-electron chi connectivity index (χ0n) is 22.5. The highest BCUT2D eigenvalue weighted by Crippen LogP contribution is 2.51. The first-order valence-corrected chi connectivity index (χ1v) is 15.1. The quantitative estimate of drug-likeness (QED) is 0.334. The van der Waals surface area contributed by atoms with E-state index < -0.39 is 14.6 Å². The number of hydrogen-bond acceptors (Lipinski definition) is 8. The molecule has 0 bridgehead atoms. The SMILES string of the molecule is C[C@H]1COCCN1c1cc(C2(S(=O)(=O)c3ccccc3)CCC2)nc(-c2ccc(NC(=O)NCCCO)cc2)n1. The first-order chi connectivity index (χ1) is 19.3. The highest BCUT2D eigenvalue weighted by Gasteiger charge is 2.52. The normalized spacial score (nSPS) is 18.6. The van der Waals surface area contributed by atoms with Crippen molar-refractivity contribution in [2.45, 2.75) is 48.3 Å². The van der Waals surface area contributed by atoms with Crippen LogP contribution in [0.5, 0.6) is 0 Å².